The first kappa shape index (κ1) is 27.4. The molecule has 0 aliphatic rings. The van der Waals surface area contributed by atoms with Crippen LogP contribution in [0.15, 0.2) is 36.5 Å². The van der Waals surface area contributed by atoms with Gasteiger partial charge in [-0.2, -0.15) is 14.7 Å². The summed E-state index contributed by atoms with van der Waals surface area (Å²) in [6.07, 6.45) is -3.61. The van der Waals surface area contributed by atoms with E-state index in [1.165, 1.54) is 20.8 Å². The predicted octanol–water partition coefficient (Wildman–Crippen LogP) is -0.408. The summed E-state index contributed by atoms with van der Waals surface area (Å²) in [4.78, 5) is 62.8. The van der Waals surface area contributed by atoms with E-state index in [2.05, 4.69) is 34.4 Å². The molecule has 0 aliphatic carbocycles. The molecule has 30 heavy (non-hydrogen) atoms. The van der Waals surface area contributed by atoms with Crippen LogP contribution in [0.1, 0.15) is 20.8 Å². The molecular formula is C18H26O12. The molecule has 0 rings (SSSR count). The third-order valence-electron chi connectivity index (χ3n) is 3.37. The molecule has 0 saturated carbocycles. The summed E-state index contributed by atoms with van der Waals surface area (Å²) >= 11 is 0. The molecule has 0 aromatic carbocycles. The van der Waals surface area contributed by atoms with Crippen molar-refractivity contribution in [2.45, 2.75) is 38.6 Å². The quantitative estimate of drug-likeness (QED) is 0.184. The second-order valence-electron chi connectivity index (χ2n) is 6.25. The van der Waals surface area contributed by atoms with Gasteiger partial charge < -0.3 is 15.3 Å². The van der Waals surface area contributed by atoms with E-state index in [1.54, 1.807) is 0 Å². The van der Waals surface area contributed by atoms with Gasteiger partial charge in [0.05, 0.1) is 19.8 Å². The van der Waals surface area contributed by atoms with Crippen LogP contribution in [0.5, 0.6) is 0 Å². The van der Waals surface area contributed by atoms with Gasteiger partial charge in [-0.05, 0) is 20.8 Å². The zero-order valence-corrected chi connectivity index (χ0v) is 16.9. The highest BCUT2D eigenvalue weighted by molar-refractivity contribution is 5.87. The lowest BCUT2D eigenvalue weighted by molar-refractivity contribution is -0.430. The van der Waals surface area contributed by atoms with Crippen LogP contribution in [0.2, 0.25) is 0 Å². The maximum atomic E-state index is 11.7. The SMILES string of the molecule is C=C(C)C(=O)OOC(CO)C(OOC(=O)C(=C)C)C(CO)(CO)OOC(=O)C(=C)C. The molecule has 3 N–H and O–H groups in total. The Kier molecular flexibility index (Phi) is 11.7. The minimum Gasteiger partial charge on any atom is -0.393 e. The normalized spacial score (nSPS) is 13.0. The standard InChI is InChI=1S/C18H26O12/c1-10(2)15(22)27-25-13(7-19)14(26-28-16(23)11(3)4)18(8-20,9-21)30-29-17(24)12(5)6/h13-14,19-21H,1,3,5,7-9H2,2,4,6H3. The first-order valence-corrected chi connectivity index (χ1v) is 8.40. The molecule has 0 bridgehead atoms. The van der Waals surface area contributed by atoms with Crippen LogP contribution in [-0.2, 0) is 43.7 Å². The zero-order valence-electron chi connectivity index (χ0n) is 16.9. The van der Waals surface area contributed by atoms with Gasteiger partial charge in [0.1, 0.15) is 0 Å². The van der Waals surface area contributed by atoms with Crippen LogP contribution in [0.4, 0.5) is 0 Å². The average Bonchev–Trinajstić information content (AvgIpc) is 2.71. The molecule has 0 spiro atoms. The summed E-state index contributed by atoms with van der Waals surface area (Å²) in [5.41, 5.74) is -2.59. The Bertz CT molecular complexity index is 664. The number of aliphatic hydroxyl groups is 3. The molecule has 12 heteroatoms. The summed E-state index contributed by atoms with van der Waals surface area (Å²) < 4.78 is 0. The van der Waals surface area contributed by atoms with E-state index in [9.17, 15) is 29.7 Å². The number of aliphatic hydroxyl groups excluding tert-OH is 3. The molecule has 0 aliphatic heterocycles. The van der Waals surface area contributed by atoms with Gasteiger partial charge >= 0.3 is 17.9 Å². The summed E-state index contributed by atoms with van der Waals surface area (Å²) in [5, 5.41) is 29.2. The Morgan fingerprint density at radius 3 is 1.53 bits per heavy atom. The van der Waals surface area contributed by atoms with Crippen molar-refractivity contribution in [1.82, 2.24) is 0 Å². The summed E-state index contributed by atoms with van der Waals surface area (Å²) in [6, 6.07) is 0. The van der Waals surface area contributed by atoms with Crippen LogP contribution in [0.3, 0.4) is 0 Å². The molecule has 0 heterocycles. The lowest BCUT2D eigenvalue weighted by atomic mass is 9.94. The third kappa shape index (κ3) is 8.02. The van der Waals surface area contributed by atoms with Crippen molar-refractivity contribution in [2.75, 3.05) is 19.8 Å². The number of carbonyl (C=O) groups excluding carboxylic acids is 3. The molecular weight excluding hydrogens is 408 g/mol. The number of carbonyl (C=O) groups is 3. The van der Waals surface area contributed by atoms with Gasteiger partial charge in [0.25, 0.3) is 0 Å². The van der Waals surface area contributed by atoms with Crippen molar-refractivity contribution in [3.05, 3.63) is 36.5 Å². The van der Waals surface area contributed by atoms with Gasteiger partial charge in [0.2, 0.25) is 0 Å². The molecule has 2 atom stereocenters. The Balaban J connectivity index is 5.84. The van der Waals surface area contributed by atoms with Gasteiger partial charge in [-0.1, -0.05) is 19.7 Å². The lowest BCUT2D eigenvalue weighted by Gasteiger charge is -2.36. The maximum Gasteiger partial charge on any atom is 0.368 e. The van der Waals surface area contributed by atoms with Crippen LogP contribution >= 0.6 is 0 Å². The van der Waals surface area contributed by atoms with Crippen LogP contribution in [-0.4, -0.2) is 70.9 Å². The monoisotopic (exact) mass is 434 g/mol. The molecule has 0 fully saturated rings. The minimum atomic E-state index is -2.36. The van der Waals surface area contributed by atoms with Gasteiger partial charge in [-0.15, -0.1) is 0 Å². The molecule has 0 amide bonds. The van der Waals surface area contributed by atoms with E-state index < -0.39 is 55.5 Å². The second-order valence-corrected chi connectivity index (χ2v) is 6.25. The van der Waals surface area contributed by atoms with Gasteiger partial charge in [-0.25, -0.2) is 14.4 Å². The van der Waals surface area contributed by atoms with Crippen LogP contribution in [0.25, 0.3) is 0 Å². The summed E-state index contributed by atoms with van der Waals surface area (Å²) in [5.74, 6) is -3.13. The predicted molar refractivity (Wildman–Crippen MR) is 97.5 cm³/mol. The summed E-state index contributed by atoms with van der Waals surface area (Å²) in [7, 11) is 0. The van der Waals surface area contributed by atoms with Crippen molar-refractivity contribution in [3.8, 4) is 0 Å². The molecule has 0 aromatic heterocycles. The van der Waals surface area contributed by atoms with Crippen molar-refractivity contribution in [2.24, 2.45) is 0 Å². The Labute approximate surface area is 172 Å². The fourth-order valence-corrected chi connectivity index (χ4v) is 1.53. The highest BCUT2D eigenvalue weighted by atomic mass is 17.3. The smallest absolute Gasteiger partial charge is 0.368 e. The lowest BCUT2D eigenvalue weighted by Crippen LogP contribution is -2.59. The van der Waals surface area contributed by atoms with E-state index in [0.29, 0.717) is 0 Å². The van der Waals surface area contributed by atoms with Crippen molar-refractivity contribution >= 4 is 17.9 Å². The van der Waals surface area contributed by atoms with Crippen molar-refractivity contribution in [3.63, 3.8) is 0 Å². The molecule has 0 aromatic rings. The van der Waals surface area contributed by atoms with E-state index in [-0.39, 0.29) is 16.7 Å². The van der Waals surface area contributed by atoms with E-state index in [0.717, 1.165) is 0 Å². The van der Waals surface area contributed by atoms with Crippen molar-refractivity contribution < 1.29 is 59.0 Å². The van der Waals surface area contributed by atoms with Crippen LogP contribution < -0.4 is 0 Å². The van der Waals surface area contributed by atoms with Gasteiger partial charge in [0.15, 0.2) is 17.8 Å². The summed E-state index contributed by atoms with van der Waals surface area (Å²) in [6.45, 7) is 10.7. The van der Waals surface area contributed by atoms with Gasteiger partial charge in [-0.3, -0.25) is 14.7 Å². The fourth-order valence-electron chi connectivity index (χ4n) is 1.53. The average molecular weight is 434 g/mol. The molecule has 170 valence electrons. The Morgan fingerprint density at radius 2 is 1.17 bits per heavy atom. The number of hydrogen-bond donors (Lipinski definition) is 3. The highest BCUT2D eigenvalue weighted by Crippen LogP contribution is 2.25. The number of hydrogen-bond acceptors (Lipinski definition) is 12. The first-order valence-electron chi connectivity index (χ1n) is 8.40. The third-order valence-corrected chi connectivity index (χ3v) is 3.37. The molecule has 0 radical (unpaired) electrons. The van der Waals surface area contributed by atoms with E-state index in [1.807, 2.05) is 0 Å². The second kappa shape index (κ2) is 12.8. The zero-order chi connectivity index (χ0) is 23.5. The molecule has 12 nitrogen and oxygen atoms in total. The highest BCUT2D eigenvalue weighted by Gasteiger charge is 2.50. The van der Waals surface area contributed by atoms with Crippen molar-refractivity contribution in [1.29, 1.82) is 0 Å². The number of rotatable bonds is 14. The van der Waals surface area contributed by atoms with E-state index in [4.69, 9.17) is 14.7 Å². The minimum absolute atomic E-state index is 0.0555. The first-order chi connectivity index (χ1) is 13.9. The van der Waals surface area contributed by atoms with E-state index >= 15 is 0 Å². The fraction of sp³-hybridized carbons (Fsp3) is 0.500. The molecule has 0 saturated heterocycles. The topological polar surface area (TPSA) is 167 Å². The van der Waals surface area contributed by atoms with Gasteiger partial charge in [0, 0.05) is 16.7 Å². The largest absolute Gasteiger partial charge is 0.393 e. The maximum absolute atomic E-state index is 11.7. The molecule has 2 unspecified atom stereocenters. The Morgan fingerprint density at radius 1 is 0.767 bits per heavy atom. The Hall–Kier alpha value is -2.61. The van der Waals surface area contributed by atoms with Crippen LogP contribution in [0, 0.1) is 0 Å².